The second-order valence-electron chi connectivity index (χ2n) is 2.06. The Kier molecular flexibility index (Phi) is 2.46. The largest absolute Gasteiger partial charge is 0.325 e. The topological polar surface area (TPSA) is 55.1 Å². The lowest BCUT2D eigenvalue weighted by atomic mass is 10.7. The Morgan fingerprint density at radius 2 is 2.27 bits per heavy atom. The molecule has 1 unspecified atom stereocenters. The Bertz CT molecular complexity index is 310. The number of aryl methyl sites for hydroxylation is 1. The lowest BCUT2D eigenvalue weighted by Crippen LogP contribution is -1.91. The van der Waals surface area contributed by atoms with Crippen LogP contribution in [-0.2, 0) is 18.1 Å². The molecule has 0 aliphatic heterocycles. The highest BCUT2D eigenvalue weighted by atomic mass is 79.9. The average Bonchev–Trinajstić information content (AvgIpc) is 2.17. The molecule has 0 saturated heterocycles. The minimum absolute atomic E-state index is 0.171. The van der Waals surface area contributed by atoms with Gasteiger partial charge in [-0.1, -0.05) is 0 Å². The summed E-state index contributed by atoms with van der Waals surface area (Å²) in [4.78, 5) is 3.88. The zero-order chi connectivity index (χ0) is 8.59. The predicted molar refractivity (Wildman–Crippen MR) is 44.7 cm³/mol. The van der Waals surface area contributed by atoms with Crippen molar-refractivity contribution in [2.24, 2.45) is 7.05 Å². The minimum atomic E-state index is -2.01. The Balaban J connectivity index is 3.29. The smallest absolute Gasteiger partial charge is 0.208 e. The molecule has 1 N–H and O–H groups in total. The highest BCUT2D eigenvalue weighted by Crippen LogP contribution is 2.18. The summed E-state index contributed by atoms with van der Waals surface area (Å²) in [6.45, 7) is 1.76. The van der Waals surface area contributed by atoms with Gasteiger partial charge >= 0.3 is 0 Å². The van der Waals surface area contributed by atoms with Crippen LogP contribution in [0.1, 0.15) is 5.82 Å². The number of imidazole rings is 1. The van der Waals surface area contributed by atoms with E-state index < -0.39 is 11.1 Å². The molecule has 0 amide bonds. The number of halogens is 1. The second kappa shape index (κ2) is 3.04. The van der Waals surface area contributed by atoms with E-state index in [4.69, 9.17) is 4.55 Å². The quantitative estimate of drug-likeness (QED) is 0.746. The van der Waals surface area contributed by atoms with E-state index >= 15 is 0 Å². The van der Waals surface area contributed by atoms with Crippen molar-refractivity contribution < 1.29 is 8.76 Å². The maximum absolute atomic E-state index is 10.6. The molecule has 62 valence electrons. The van der Waals surface area contributed by atoms with Gasteiger partial charge in [0.05, 0.1) is 0 Å². The van der Waals surface area contributed by atoms with Crippen LogP contribution in [0.4, 0.5) is 0 Å². The average molecular weight is 239 g/mol. The van der Waals surface area contributed by atoms with Crippen LogP contribution in [0.5, 0.6) is 0 Å². The second-order valence-corrected chi connectivity index (χ2v) is 3.70. The summed E-state index contributed by atoms with van der Waals surface area (Å²) in [7, 11) is 1.77. The lowest BCUT2D eigenvalue weighted by molar-refractivity contribution is 0.560. The molecule has 4 nitrogen and oxygen atoms in total. The summed E-state index contributed by atoms with van der Waals surface area (Å²) < 4.78 is 21.6. The zero-order valence-corrected chi connectivity index (χ0v) is 8.44. The molecule has 1 rings (SSSR count). The van der Waals surface area contributed by atoms with Crippen LogP contribution in [0, 0.1) is 6.92 Å². The standard InChI is InChI=1S/C5H7BrN2O2S/c1-3-7-5(11(9)10)4(6)8(3)2/h1-2H3,(H,9,10). The summed E-state index contributed by atoms with van der Waals surface area (Å²) in [6.07, 6.45) is 0. The van der Waals surface area contributed by atoms with Crippen molar-refractivity contribution in [1.29, 1.82) is 0 Å². The number of aromatic nitrogens is 2. The minimum Gasteiger partial charge on any atom is -0.325 e. The van der Waals surface area contributed by atoms with Crippen LogP contribution in [0.2, 0.25) is 0 Å². The number of hydrogen-bond acceptors (Lipinski definition) is 2. The third kappa shape index (κ3) is 1.52. The van der Waals surface area contributed by atoms with Gasteiger partial charge < -0.3 is 9.12 Å². The van der Waals surface area contributed by atoms with Crippen molar-refractivity contribution in [3.05, 3.63) is 10.4 Å². The van der Waals surface area contributed by atoms with E-state index in [0.29, 0.717) is 10.4 Å². The van der Waals surface area contributed by atoms with Gasteiger partial charge in [-0.15, -0.1) is 0 Å². The molecule has 1 atom stereocenters. The van der Waals surface area contributed by atoms with Crippen molar-refractivity contribution in [3.63, 3.8) is 0 Å². The molecule has 6 heteroatoms. The van der Waals surface area contributed by atoms with Crippen LogP contribution in [0.3, 0.4) is 0 Å². The molecule has 0 radical (unpaired) electrons. The van der Waals surface area contributed by atoms with Crippen LogP contribution in [-0.4, -0.2) is 18.3 Å². The molecule has 0 spiro atoms. The van der Waals surface area contributed by atoms with E-state index in [1.165, 1.54) is 0 Å². The van der Waals surface area contributed by atoms with Gasteiger partial charge in [-0.25, -0.2) is 9.19 Å². The Hall–Kier alpha value is -0.200. The van der Waals surface area contributed by atoms with E-state index in [-0.39, 0.29) is 5.03 Å². The molecular formula is C5H7BrN2O2S. The van der Waals surface area contributed by atoms with Crippen LogP contribution < -0.4 is 0 Å². The molecular weight excluding hydrogens is 232 g/mol. The van der Waals surface area contributed by atoms with Gasteiger partial charge in [-0.3, -0.25) is 0 Å². The molecule has 1 aromatic heterocycles. The maximum Gasteiger partial charge on any atom is 0.208 e. The molecule has 1 heterocycles. The molecule has 0 aromatic carbocycles. The van der Waals surface area contributed by atoms with Crippen LogP contribution in [0.15, 0.2) is 9.63 Å². The number of nitrogens with zero attached hydrogens (tertiary/aromatic N) is 2. The van der Waals surface area contributed by atoms with E-state index in [0.717, 1.165) is 0 Å². The molecule has 0 aliphatic rings. The fraction of sp³-hybridized carbons (Fsp3) is 0.400. The number of rotatable bonds is 1. The van der Waals surface area contributed by atoms with Gasteiger partial charge in [-0.05, 0) is 22.9 Å². The fourth-order valence-corrected chi connectivity index (χ4v) is 1.92. The molecule has 0 fully saturated rings. The Morgan fingerprint density at radius 1 is 1.73 bits per heavy atom. The Labute approximate surface area is 75.0 Å². The third-order valence-corrected chi connectivity index (χ3v) is 3.17. The highest BCUT2D eigenvalue weighted by Gasteiger charge is 2.13. The first-order chi connectivity index (χ1) is 5.04. The summed E-state index contributed by atoms with van der Waals surface area (Å²) in [5, 5.41) is 0.171. The summed E-state index contributed by atoms with van der Waals surface area (Å²) in [5.74, 6) is 0.703. The van der Waals surface area contributed by atoms with E-state index in [2.05, 4.69) is 20.9 Å². The van der Waals surface area contributed by atoms with E-state index in [1.54, 1.807) is 18.5 Å². The summed E-state index contributed by atoms with van der Waals surface area (Å²) in [5.41, 5.74) is 0. The number of hydrogen-bond donors (Lipinski definition) is 1. The normalized spacial score (nSPS) is 13.5. The van der Waals surface area contributed by atoms with Crippen LogP contribution in [0.25, 0.3) is 0 Å². The Morgan fingerprint density at radius 3 is 2.45 bits per heavy atom. The maximum atomic E-state index is 10.6. The SMILES string of the molecule is Cc1nc(S(=O)O)c(Br)n1C. The van der Waals surface area contributed by atoms with Crippen molar-refractivity contribution in [1.82, 2.24) is 9.55 Å². The van der Waals surface area contributed by atoms with Crippen LogP contribution >= 0.6 is 15.9 Å². The lowest BCUT2D eigenvalue weighted by Gasteiger charge is -1.93. The van der Waals surface area contributed by atoms with E-state index in [9.17, 15) is 4.21 Å². The molecule has 1 aromatic rings. The van der Waals surface area contributed by atoms with Gasteiger partial charge in [-0.2, -0.15) is 0 Å². The van der Waals surface area contributed by atoms with Crippen molar-refractivity contribution in [2.75, 3.05) is 0 Å². The van der Waals surface area contributed by atoms with Gasteiger partial charge in [0.25, 0.3) is 0 Å². The third-order valence-electron chi connectivity index (χ3n) is 1.39. The first-order valence-electron chi connectivity index (χ1n) is 2.83. The van der Waals surface area contributed by atoms with Crippen molar-refractivity contribution >= 4 is 27.0 Å². The first-order valence-corrected chi connectivity index (χ1v) is 4.73. The summed E-state index contributed by atoms with van der Waals surface area (Å²) >= 11 is 1.14. The van der Waals surface area contributed by atoms with Crippen molar-refractivity contribution in [2.45, 2.75) is 11.9 Å². The fourth-order valence-electron chi connectivity index (χ4n) is 0.665. The van der Waals surface area contributed by atoms with Gasteiger partial charge in [0.1, 0.15) is 10.4 Å². The molecule has 0 saturated carbocycles. The summed E-state index contributed by atoms with van der Waals surface area (Å²) in [6, 6.07) is 0. The van der Waals surface area contributed by atoms with E-state index in [1.807, 2.05) is 0 Å². The molecule has 11 heavy (non-hydrogen) atoms. The zero-order valence-electron chi connectivity index (χ0n) is 6.04. The monoisotopic (exact) mass is 238 g/mol. The van der Waals surface area contributed by atoms with Gasteiger partial charge in [0.2, 0.25) is 11.1 Å². The van der Waals surface area contributed by atoms with Gasteiger partial charge in [0.15, 0.2) is 5.03 Å². The first kappa shape index (κ1) is 8.89. The van der Waals surface area contributed by atoms with Gasteiger partial charge in [0, 0.05) is 7.05 Å². The molecule has 0 bridgehead atoms. The van der Waals surface area contributed by atoms with Crippen molar-refractivity contribution in [3.8, 4) is 0 Å². The highest BCUT2D eigenvalue weighted by molar-refractivity contribution is 9.10. The predicted octanol–water partition coefficient (Wildman–Crippen LogP) is 1.07. The molecule has 0 aliphatic carbocycles.